The number of rotatable bonds is 8. The minimum absolute atomic E-state index is 0.0179. The van der Waals surface area contributed by atoms with E-state index in [2.05, 4.69) is 43.1 Å². The van der Waals surface area contributed by atoms with Crippen molar-refractivity contribution in [3.05, 3.63) is 52.0 Å². The molecular formula is C33H39N7O4S2. The van der Waals surface area contributed by atoms with Crippen LogP contribution in [0.25, 0.3) is 21.3 Å². The van der Waals surface area contributed by atoms with Gasteiger partial charge in [0.15, 0.2) is 11.0 Å². The van der Waals surface area contributed by atoms with Crippen LogP contribution in [0.4, 0.5) is 5.13 Å². The smallest absolute Gasteiger partial charge is 0.265 e. The van der Waals surface area contributed by atoms with E-state index >= 15 is 0 Å². The second-order valence-electron chi connectivity index (χ2n) is 12.7. The summed E-state index contributed by atoms with van der Waals surface area (Å²) in [7, 11) is 0. The van der Waals surface area contributed by atoms with Crippen molar-refractivity contribution in [3.63, 3.8) is 0 Å². The molecule has 3 fully saturated rings. The SMILES string of the molecule is Cc1nc(C)c(C(=O)N2CCN(C3CC(C(=O)Nc4nc5ccc(-c6cnc(CO[C@H]7CCC[C@@H]7O)nc6)cc5s4)C3)[C@@H](C)C2)s1. The molecule has 1 aliphatic heterocycles. The van der Waals surface area contributed by atoms with Gasteiger partial charge in [0.1, 0.15) is 11.5 Å². The number of carbonyl (C=O) groups is 2. The monoisotopic (exact) mass is 661 g/mol. The number of amides is 2. The maximum Gasteiger partial charge on any atom is 0.265 e. The van der Waals surface area contributed by atoms with E-state index in [1.807, 2.05) is 30.9 Å². The van der Waals surface area contributed by atoms with Crippen LogP contribution in [-0.2, 0) is 16.1 Å². The molecule has 0 bridgehead atoms. The molecule has 2 amide bonds. The first kappa shape index (κ1) is 31.3. The van der Waals surface area contributed by atoms with E-state index in [0.29, 0.717) is 30.1 Å². The number of anilines is 1. The summed E-state index contributed by atoms with van der Waals surface area (Å²) in [5, 5.41) is 14.5. The van der Waals surface area contributed by atoms with Crippen LogP contribution in [0.1, 0.15) is 65.2 Å². The zero-order valence-corrected chi connectivity index (χ0v) is 27.9. The lowest BCUT2D eigenvalue weighted by atomic mass is 9.78. The molecule has 3 aromatic heterocycles. The number of nitrogens with one attached hydrogen (secondary N) is 1. The van der Waals surface area contributed by atoms with E-state index in [1.165, 1.54) is 22.7 Å². The lowest BCUT2D eigenvalue weighted by molar-refractivity contribution is -0.125. The number of nitrogens with zero attached hydrogens (tertiary/aromatic N) is 6. The third-order valence-electron chi connectivity index (χ3n) is 9.52. The Balaban J connectivity index is 0.904. The number of ether oxygens (including phenoxy) is 1. The van der Waals surface area contributed by atoms with E-state index in [9.17, 15) is 14.7 Å². The largest absolute Gasteiger partial charge is 0.390 e. The Morgan fingerprint density at radius 1 is 1.07 bits per heavy atom. The van der Waals surface area contributed by atoms with Gasteiger partial charge >= 0.3 is 0 Å². The Kier molecular flexibility index (Phi) is 8.85. The van der Waals surface area contributed by atoms with Gasteiger partial charge in [0.25, 0.3) is 5.91 Å². The fourth-order valence-corrected chi connectivity index (χ4v) is 8.67. The number of benzene rings is 1. The fraction of sp³-hybridized carbons (Fsp3) is 0.515. The number of hydrogen-bond acceptors (Lipinski definition) is 11. The number of aliphatic hydroxyl groups excluding tert-OH is 1. The highest BCUT2D eigenvalue weighted by Crippen LogP contribution is 2.36. The fourth-order valence-electron chi connectivity index (χ4n) is 6.87. The molecule has 2 saturated carbocycles. The van der Waals surface area contributed by atoms with Crippen molar-refractivity contribution in [2.45, 2.75) is 83.8 Å². The van der Waals surface area contributed by atoms with Crippen molar-refractivity contribution >= 4 is 49.8 Å². The highest BCUT2D eigenvalue weighted by atomic mass is 32.1. The summed E-state index contributed by atoms with van der Waals surface area (Å²) >= 11 is 2.94. The van der Waals surface area contributed by atoms with Crippen molar-refractivity contribution in [1.82, 2.24) is 29.7 Å². The molecule has 11 nitrogen and oxygen atoms in total. The van der Waals surface area contributed by atoms with Gasteiger partial charge in [0.2, 0.25) is 5.91 Å². The molecule has 242 valence electrons. The van der Waals surface area contributed by atoms with Gasteiger partial charge in [-0.2, -0.15) is 0 Å². The molecule has 7 rings (SSSR count). The van der Waals surface area contributed by atoms with E-state index in [1.54, 1.807) is 12.4 Å². The second-order valence-corrected chi connectivity index (χ2v) is 15.0. The van der Waals surface area contributed by atoms with Crippen LogP contribution < -0.4 is 5.32 Å². The first-order chi connectivity index (χ1) is 22.2. The lowest BCUT2D eigenvalue weighted by Gasteiger charge is -2.49. The van der Waals surface area contributed by atoms with Gasteiger partial charge in [0.05, 0.1) is 33.1 Å². The highest BCUT2D eigenvalue weighted by Gasteiger charge is 2.42. The third-order valence-corrected chi connectivity index (χ3v) is 11.5. The zero-order valence-electron chi connectivity index (χ0n) is 26.3. The van der Waals surface area contributed by atoms with Crippen LogP contribution in [-0.4, -0.2) is 90.6 Å². The maximum absolute atomic E-state index is 13.1. The van der Waals surface area contributed by atoms with Crippen LogP contribution in [0.2, 0.25) is 0 Å². The van der Waals surface area contributed by atoms with Gasteiger partial charge < -0.3 is 20.1 Å². The number of thiazole rings is 2. The number of fused-ring (bicyclic) bond motifs is 1. The quantitative estimate of drug-likeness (QED) is 0.273. The molecule has 4 heterocycles. The summed E-state index contributed by atoms with van der Waals surface area (Å²) in [6.45, 7) is 8.48. The van der Waals surface area contributed by atoms with Gasteiger partial charge in [-0.15, -0.1) is 11.3 Å². The van der Waals surface area contributed by atoms with Crippen LogP contribution in [0.3, 0.4) is 0 Å². The van der Waals surface area contributed by atoms with Crippen molar-refractivity contribution in [2.24, 2.45) is 5.92 Å². The Morgan fingerprint density at radius 3 is 2.57 bits per heavy atom. The topological polar surface area (TPSA) is 134 Å². The Labute approximate surface area is 276 Å². The molecule has 4 aromatic rings. The number of aromatic nitrogens is 4. The average Bonchev–Trinajstić information content (AvgIpc) is 3.72. The molecule has 1 aromatic carbocycles. The molecule has 0 spiro atoms. The first-order valence-corrected chi connectivity index (χ1v) is 17.7. The lowest BCUT2D eigenvalue weighted by Crippen LogP contribution is -2.60. The van der Waals surface area contributed by atoms with Crippen molar-refractivity contribution < 1.29 is 19.4 Å². The Hall–Kier alpha value is -3.36. The molecule has 2 N–H and O–H groups in total. The Morgan fingerprint density at radius 2 is 1.87 bits per heavy atom. The summed E-state index contributed by atoms with van der Waals surface area (Å²) in [4.78, 5) is 49.4. The number of piperazine rings is 1. The van der Waals surface area contributed by atoms with Crippen LogP contribution in [0.15, 0.2) is 30.6 Å². The van der Waals surface area contributed by atoms with Gasteiger partial charge in [-0.3, -0.25) is 14.5 Å². The number of aliphatic hydroxyl groups is 1. The molecule has 0 unspecified atom stereocenters. The van der Waals surface area contributed by atoms with Crippen molar-refractivity contribution in [3.8, 4) is 11.1 Å². The second kappa shape index (κ2) is 13.0. The number of aryl methyl sites for hydroxylation is 2. The van der Waals surface area contributed by atoms with E-state index in [0.717, 1.165) is 75.6 Å². The minimum Gasteiger partial charge on any atom is -0.390 e. The summed E-state index contributed by atoms with van der Waals surface area (Å²) in [6.07, 6.45) is 7.31. The zero-order chi connectivity index (χ0) is 31.9. The summed E-state index contributed by atoms with van der Waals surface area (Å²) < 4.78 is 6.78. The molecule has 2 aliphatic carbocycles. The van der Waals surface area contributed by atoms with Crippen molar-refractivity contribution in [2.75, 3.05) is 25.0 Å². The van der Waals surface area contributed by atoms with E-state index in [-0.39, 0.29) is 36.5 Å². The molecule has 46 heavy (non-hydrogen) atoms. The normalized spacial score (nSPS) is 25.1. The van der Waals surface area contributed by atoms with Crippen LogP contribution in [0, 0.1) is 19.8 Å². The van der Waals surface area contributed by atoms with Gasteiger partial charge in [-0.05, 0) is 70.6 Å². The molecule has 0 radical (unpaired) electrons. The summed E-state index contributed by atoms with van der Waals surface area (Å²) in [5.74, 6) is 0.647. The van der Waals surface area contributed by atoms with Gasteiger partial charge in [0, 0.05) is 55.6 Å². The van der Waals surface area contributed by atoms with Gasteiger partial charge in [-0.1, -0.05) is 17.4 Å². The third kappa shape index (κ3) is 6.43. The summed E-state index contributed by atoms with van der Waals surface area (Å²) in [6, 6.07) is 6.58. The van der Waals surface area contributed by atoms with E-state index < -0.39 is 6.10 Å². The number of hydrogen-bond donors (Lipinski definition) is 2. The van der Waals surface area contributed by atoms with E-state index in [4.69, 9.17) is 4.74 Å². The highest BCUT2D eigenvalue weighted by molar-refractivity contribution is 7.22. The minimum atomic E-state index is -0.399. The average molecular weight is 662 g/mol. The predicted molar refractivity (Wildman–Crippen MR) is 178 cm³/mol. The molecule has 3 atom stereocenters. The van der Waals surface area contributed by atoms with Gasteiger partial charge in [-0.25, -0.2) is 19.9 Å². The predicted octanol–water partition coefficient (Wildman–Crippen LogP) is 4.82. The van der Waals surface area contributed by atoms with Crippen molar-refractivity contribution in [1.29, 1.82) is 0 Å². The molecule has 3 aliphatic rings. The number of carbonyl (C=O) groups excluding carboxylic acids is 2. The summed E-state index contributed by atoms with van der Waals surface area (Å²) in [5.41, 5.74) is 3.51. The molecule has 13 heteroatoms. The van der Waals surface area contributed by atoms with Crippen LogP contribution in [0.5, 0.6) is 0 Å². The van der Waals surface area contributed by atoms with Crippen LogP contribution >= 0.6 is 22.7 Å². The Bertz CT molecular complexity index is 1740. The standard InChI is InChI=1S/C33H39N7O4S2/c1-18-16-39(32(43)30-19(2)36-20(3)45-30)9-10-40(18)24-11-22(12-24)31(42)38-33-37-25-8-7-21(13-28(25)46-33)23-14-34-29(35-15-23)17-44-27-6-4-5-26(27)41/h7-8,13-15,18,22,24,26-27,41H,4-6,9-12,16-17H2,1-3H3,(H,37,38,42)/t18-,22?,24?,26-,27-/m0/s1. The maximum atomic E-state index is 13.1. The first-order valence-electron chi connectivity index (χ1n) is 16.0. The molecular weight excluding hydrogens is 623 g/mol. The molecule has 1 saturated heterocycles.